The van der Waals surface area contributed by atoms with Gasteiger partial charge in [0.15, 0.2) is 0 Å². The number of halogens is 3. The molecule has 0 aliphatic heterocycles. The minimum atomic E-state index is -4.26. The molecule has 0 aromatic heterocycles. The van der Waals surface area contributed by atoms with E-state index in [9.17, 15) is 18.0 Å². The Bertz CT molecular complexity index is 382. The molecule has 3 nitrogen and oxygen atoms in total. The van der Waals surface area contributed by atoms with Crippen LogP contribution in [0.1, 0.15) is 32.1 Å². The maximum Gasteiger partial charge on any atom is 0.401 e. The fraction of sp³-hybridized carbons (Fsp3) is 0.933. The molecule has 120 valence electrons. The van der Waals surface area contributed by atoms with E-state index in [1.54, 1.807) is 11.9 Å². The molecule has 1 amide bonds. The summed E-state index contributed by atoms with van der Waals surface area (Å²) in [7, 11) is 1.77. The van der Waals surface area contributed by atoms with E-state index in [0.717, 1.165) is 11.8 Å². The maximum absolute atomic E-state index is 12.1. The monoisotopic (exact) mass is 304 g/mol. The van der Waals surface area contributed by atoms with E-state index in [4.69, 9.17) is 0 Å². The van der Waals surface area contributed by atoms with Crippen molar-refractivity contribution in [3.8, 4) is 0 Å². The molecule has 0 unspecified atom stereocenters. The van der Waals surface area contributed by atoms with Gasteiger partial charge in [0.2, 0.25) is 5.91 Å². The zero-order valence-electron chi connectivity index (χ0n) is 12.3. The zero-order valence-corrected chi connectivity index (χ0v) is 12.3. The van der Waals surface area contributed by atoms with Crippen molar-refractivity contribution in [2.24, 2.45) is 23.7 Å². The Morgan fingerprint density at radius 1 is 1.10 bits per heavy atom. The van der Waals surface area contributed by atoms with E-state index >= 15 is 0 Å². The molecule has 4 rings (SSSR count). The SMILES string of the molecule is CN(C(=O)CNCC(F)(F)F)C1C2CC3CC(C2)CC1C3. The van der Waals surface area contributed by atoms with Crippen molar-refractivity contribution in [2.75, 3.05) is 20.1 Å². The van der Waals surface area contributed by atoms with Crippen LogP contribution in [0.4, 0.5) is 13.2 Å². The number of hydrogen-bond acceptors (Lipinski definition) is 2. The van der Waals surface area contributed by atoms with Crippen LogP contribution >= 0.6 is 0 Å². The van der Waals surface area contributed by atoms with Gasteiger partial charge in [0.05, 0.1) is 13.1 Å². The lowest BCUT2D eigenvalue weighted by Gasteiger charge is -2.56. The average Bonchev–Trinajstić information content (AvgIpc) is 2.35. The van der Waals surface area contributed by atoms with E-state index in [-0.39, 0.29) is 18.5 Å². The molecule has 6 heteroatoms. The van der Waals surface area contributed by atoms with E-state index in [0.29, 0.717) is 11.8 Å². The molecule has 0 heterocycles. The Hall–Kier alpha value is -0.780. The van der Waals surface area contributed by atoms with Crippen molar-refractivity contribution in [1.29, 1.82) is 0 Å². The van der Waals surface area contributed by atoms with E-state index in [1.165, 1.54) is 32.1 Å². The third-order valence-corrected chi connectivity index (χ3v) is 5.62. The Balaban J connectivity index is 1.55. The summed E-state index contributed by atoms with van der Waals surface area (Å²) in [5.74, 6) is 2.58. The summed E-state index contributed by atoms with van der Waals surface area (Å²) in [4.78, 5) is 13.9. The van der Waals surface area contributed by atoms with Gasteiger partial charge in [-0.2, -0.15) is 13.2 Å². The first-order chi connectivity index (χ1) is 9.83. The molecule has 4 aliphatic rings. The number of alkyl halides is 3. The second-order valence-electron chi connectivity index (χ2n) is 7.14. The van der Waals surface area contributed by atoms with E-state index < -0.39 is 12.7 Å². The molecule has 0 saturated heterocycles. The van der Waals surface area contributed by atoms with Crippen molar-refractivity contribution in [2.45, 2.75) is 44.3 Å². The van der Waals surface area contributed by atoms with Crippen LogP contribution in [-0.4, -0.2) is 43.2 Å². The van der Waals surface area contributed by atoms with Crippen molar-refractivity contribution in [3.05, 3.63) is 0 Å². The summed E-state index contributed by atoms with van der Waals surface area (Å²) < 4.78 is 36.3. The molecule has 4 bridgehead atoms. The number of carbonyl (C=O) groups excluding carboxylic acids is 1. The molecule has 0 spiro atoms. The highest BCUT2D eigenvalue weighted by Gasteiger charge is 2.50. The Kier molecular flexibility index (Phi) is 3.93. The minimum absolute atomic E-state index is 0.211. The third-order valence-electron chi connectivity index (χ3n) is 5.62. The summed E-state index contributed by atoms with van der Waals surface area (Å²) in [6.45, 7) is -1.33. The normalized spacial score (nSPS) is 37.8. The van der Waals surface area contributed by atoms with E-state index in [1.807, 2.05) is 0 Å². The highest BCUT2D eigenvalue weighted by Crippen LogP contribution is 2.54. The molecule has 4 fully saturated rings. The lowest BCUT2D eigenvalue weighted by atomic mass is 9.54. The van der Waals surface area contributed by atoms with Gasteiger partial charge in [-0.15, -0.1) is 0 Å². The van der Waals surface area contributed by atoms with Crippen molar-refractivity contribution < 1.29 is 18.0 Å². The summed E-state index contributed by atoms with van der Waals surface area (Å²) in [5.41, 5.74) is 0. The molecule has 4 aliphatic carbocycles. The Labute approximate surface area is 123 Å². The second-order valence-corrected chi connectivity index (χ2v) is 7.14. The lowest BCUT2D eigenvalue weighted by Crippen LogP contribution is -2.57. The fourth-order valence-corrected chi connectivity index (χ4v) is 5.13. The van der Waals surface area contributed by atoms with Crippen molar-refractivity contribution in [1.82, 2.24) is 10.2 Å². The zero-order chi connectivity index (χ0) is 15.2. The Morgan fingerprint density at radius 2 is 1.62 bits per heavy atom. The molecule has 1 N–H and O–H groups in total. The van der Waals surface area contributed by atoms with Gasteiger partial charge < -0.3 is 10.2 Å². The molecular weight excluding hydrogens is 281 g/mol. The summed E-state index contributed by atoms with van der Waals surface area (Å²) in [6.07, 6.45) is 1.89. The van der Waals surface area contributed by atoms with Crippen LogP contribution in [-0.2, 0) is 4.79 Å². The van der Waals surface area contributed by atoms with Crippen LogP contribution in [0.15, 0.2) is 0 Å². The van der Waals surface area contributed by atoms with Gasteiger partial charge in [-0.3, -0.25) is 4.79 Å². The number of carbonyl (C=O) groups is 1. The fourth-order valence-electron chi connectivity index (χ4n) is 5.13. The highest BCUT2D eigenvalue weighted by atomic mass is 19.4. The van der Waals surface area contributed by atoms with Gasteiger partial charge in [0, 0.05) is 13.1 Å². The van der Waals surface area contributed by atoms with Crippen molar-refractivity contribution >= 4 is 5.91 Å². The van der Waals surface area contributed by atoms with Crippen LogP contribution in [0.5, 0.6) is 0 Å². The van der Waals surface area contributed by atoms with Gasteiger partial charge in [0.1, 0.15) is 0 Å². The van der Waals surface area contributed by atoms with Gasteiger partial charge in [-0.1, -0.05) is 0 Å². The molecule has 0 radical (unpaired) electrons. The number of hydrogen-bond donors (Lipinski definition) is 1. The van der Waals surface area contributed by atoms with Crippen LogP contribution < -0.4 is 5.32 Å². The molecule has 0 atom stereocenters. The predicted molar refractivity (Wildman–Crippen MR) is 72.5 cm³/mol. The van der Waals surface area contributed by atoms with E-state index in [2.05, 4.69) is 5.32 Å². The number of nitrogens with one attached hydrogen (secondary N) is 1. The molecule has 0 aromatic rings. The summed E-state index contributed by atoms with van der Waals surface area (Å²) >= 11 is 0. The number of amides is 1. The molecule has 0 aromatic carbocycles. The van der Waals surface area contributed by atoms with Gasteiger partial charge in [-0.05, 0) is 55.8 Å². The van der Waals surface area contributed by atoms with Gasteiger partial charge in [-0.25, -0.2) is 0 Å². The first-order valence-corrected chi connectivity index (χ1v) is 7.86. The number of likely N-dealkylation sites (N-methyl/N-ethyl adjacent to an activating group) is 1. The first-order valence-electron chi connectivity index (χ1n) is 7.86. The Morgan fingerprint density at radius 3 is 2.10 bits per heavy atom. The van der Waals surface area contributed by atoms with Crippen molar-refractivity contribution in [3.63, 3.8) is 0 Å². The molecular formula is C15H23F3N2O. The number of nitrogens with zero attached hydrogens (tertiary/aromatic N) is 1. The quantitative estimate of drug-likeness (QED) is 0.865. The standard InChI is InChI=1S/C15H23F3N2O/c1-20(13(21)7-19-8-15(16,17)18)14-11-3-9-2-10(5-11)6-12(14)4-9/h9-12,14,19H,2-8H2,1H3. The van der Waals surface area contributed by atoms with Crippen LogP contribution in [0, 0.1) is 23.7 Å². The third kappa shape index (κ3) is 3.20. The number of rotatable bonds is 4. The first kappa shape index (κ1) is 15.1. The predicted octanol–water partition coefficient (Wildman–Crippen LogP) is 2.42. The van der Waals surface area contributed by atoms with Crippen LogP contribution in [0.2, 0.25) is 0 Å². The van der Waals surface area contributed by atoms with Crippen LogP contribution in [0.3, 0.4) is 0 Å². The summed E-state index contributed by atoms with van der Waals surface area (Å²) in [5, 5.41) is 2.21. The summed E-state index contributed by atoms with van der Waals surface area (Å²) in [6, 6.07) is 0.248. The lowest BCUT2D eigenvalue weighted by molar-refractivity contribution is -0.142. The highest BCUT2D eigenvalue weighted by molar-refractivity contribution is 5.78. The maximum atomic E-state index is 12.1. The van der Waals surface area contributed by atoms with Crippen LogP contribution in [0.25, 0.3) is 0 Å². The second kappa shape index (κ2) is 5.45. The minimum Gasteiger partial charge on any atom is -0.341 e. The van der Waals surface area contributed by atoms with Gasteiger partial charge in [0.25, 0.3) is 0 Å². The van der Waals surface area contributed by atoms with Gasteiger partial charge >= 0.3 is 6.18 Å². The molecule has 21 heavy (non-hydrogen) atoms. The topological polar surface area (TPSA) is 32.3 Å². The molecule has 4 saturated carbocycles. The smallest absolute Gasteiger partial charge is 0.341 e. The largest absolute Gasteiger partial charge is 0.401 e. The average molecular weight is 304 g/mol.